The summed E-state index contributed by atoms with van der Waals surface area (Å²) in [6, 6.07) is 2.55. The Bertz CT molecular complexity index is 640. The number of sulfonamides is 1. The fourth-order valence-corrected chi connectivity index (χ4v) is 3.52. The lowest BCUT2D eigenvalue weighted by Gasteiger charge is -2.11. The molecular weight excluding hydrogens is 314 g/mol. The third-order valence-corrected chi connectivity index (χ3v) is 4.53. The summed E-state index contributed by atoms with van der Waals surface area (Å²) >= 11 is -4.34. The third-order valence-electron chi connectivity index (χ3n) is 2.36. The Morgan fingerprint density at radius 1 is 1.11 bits per heavy atom. The van der Waals surface area contributed by atoms with E-state index in [0.717, 1.165) is 0 Å². The molecule has 10 heteroatoms. The van der Waals surface area contributed by atoms with Crippen molar-refractivity contribution in [3.05, 3.63) is 28.8 Å². The number of benzene rings is 1. The second-order valence-electron chi connectivity index (χ2n) is 3.86. The molecule has 0 spiro atoms. The minimum atomic E-state index is -3.96. The molecule has 2 atom stereocenters. The van der Waals surface area contributed by atoms with Crippen molar-refractivity contribution in [1.82, 2.24) is 0 Å². The van der Waals surface area contributed by atoms with Crippen molar-refractivity contribution in [2.75, 3.05) is 0 Å². The quantitative estimate of drug-likeness (QED) is 0.656. The zero-order chi connectivity index (χ0) is 14.8. The van der Waals surface area contributed by atoms with Gasteiger partial charge in [-0.05, 0) is 29.7 Å². The maximum absolute atomic E-state index is 11.4. The summed E-state index contributed by atoms with van der Waals surface area (Å²) in [7, 11) is -3.96. The number of hydrogen-bond donors (Lipinski definition) is 3. The van der Waals surface area contributed by atoms with E-state index in [1.165, 1.54) is 19.1 Å². The molecule has 0 saturated carbocycles. The van der Waals surface area contributed by atoms with Gasteiger partial charge in [0.1, 0.15) is 0 Å². The van der Waals surface area contributed by atoms with Crippen molar-refractivity contribution in [1.29, 1.82) is 0 Å². The van der Waals surface area contributed by atoms with Crippen LogP contribution in [0.15, 0.2) is 17.0 Å². The highest BCUT2D eigenvalue weighted by Crippen LogP contribution is 2.22. The van der Waals surface area contributed by atoms with Crippen LogP contribution >= 0.6 is 0 Å². The highest BCUT2D eigenvalue weighted by atomic mass is 32.2. The molecule has 1 rings (SSSR count). The van der Waals surface area contributed by atoms with E-state index in [1.54, 1.807) is 0 Å². The van der Waals surface area contributed by atoms with Crippen LogP contribution in [0.25, 0.3) is 0 Å². The largest absolute Gasteiger partial charge is 0.306 e. The highest BCUT2D eigenvalue weighted by Gasteiger charge is 2.17. The molecule has 1 aromatic rings. The lowest BCUT2D eigenvalue weighted by Crippen LogP contribution is -2.15. The molecule has 0 fully saturated rings. The van der Waals surface area contributed by atoms with Gasteiger partial charge in [-0.15, -0.1) is 0 Å². The molecule has 4 N–H and O–H groups in total. The van der Waals surface area contributed by atoms with E-state index in [0.29, 0.717) is 11.1 Å². The van der Waals surface area contributed by atoms with Crippen LogP contribution in [0.2, 0.25) is 0 Å². The Balaban J connectivity index is 3.44. The lowest BCUT2D eigenvalue weighted by atomic mass is 10.1. The molecule has 0 aliphatic carbocycles. The first-order valence-electron chi connectivity index (χ1n) is 4.91. The summed E-state index contributed by atoms with van der Waals surface area (Å²) in [5.41, 5.74) is 0.862. The van der Waals surface area contributed by atoms with Crippen LogP contribution in [-0.4, -0.2) is 25.9 Å². The molecule has 0 aliphatic rings. The highest BCUT2D eigenvalue weighted by molar-refractivity contribution is 7.89. The van der Waals surface area contributed by atoms with Crippen LogP contribution in [0.3, 0.4) is 0 Å². The number of hydrogen-bond acceptors (Lipinski definition) is 4. The SMILES string of the molecule is Cc1cc(CS(=O)O)c(CS(=O)O)cc1S(N)(=O)=O. The fourth-order valence-electron chi connectivity index (χ4n) is 1.63. The first-order chi connectivity index (χ1) is 8.61. The molecule has 7 nitrogen and oxygen atoms in total. The van der Waals surface area contributed by atoms with Crippen molar-refractivity contribution in [3.8, 4) is 0 Å². The van der Waals surface area contributed by atoms with Gasteiger partial charge in [0.15, 0.2) is 22.2 Å². The average molecular weight is 327 g/mol. The molecule has 0 aromatic heterocycles. The van der Waals surface area contributed by atoms with E-state index >= 15 is 0 Å². The molecule has 2 unspecified atom stereocenters. The van der Waals surface area contributed by atoms with Crippen LogP contribution in [0.4, 0.5) is 0 Å². The van der Waals surface area contributed by atoms with Crippen molar-refractivity contribution in [3.63, 3.8) is 0 Å². The molecule has 0 bridgehead atoms. The minimum absolute atomic E-state index is 0.166. The molecule has 0 amide bonds. The lowest BCUT2D eigenvalue weighted by molar-refractivity contribution is 0.559. The van der Waals surface area contributed by atoms with E-state index in [1.807, 2.05) is 0 Å². The van der Waals surface area contributed by atoms with Crippen molar-refractivity contribution >= 4 is 32.2 Å². The van der Waals surface area contributed by atoms with Crippen LogP contribution in [-0.2, 0) is 43.7 Å². The van der Waals surface area contributed by atoms with Crippen molar-refractivity contribution in [2.24, 2.45) is 5.14 Å². The monoisotopic (exact) mass is 327 g/mol. The molecule has 1 aromatic carbocycles. The van der Waals surface area contributed by atoms with Crippen LogP contribution in [0.1, 0.15) is 16.7 Å². The molecule has 0 radical (unpaired) electrons. The fraction of sp³-hybridized carbons (Fsp3) is 0.333. The first-order valence-corrected chi connectivity index (χ1v) is 9.01. The maximum atomic E-state index is 11.4. The topological polar surface area (TPSA) is 135 Å². The Morgan fingerprint density at radius 2 is 1.53 bits per heavy atom. The van der Waals surface area contributed by atoms with E-state index in [-0.39, 0.29) is 22.0 Å². The number of nitrogens with two attached hydrogens (primary N) is 1. The van der Waals surface area contributed by atoms with Gasteiger partial charge in [0.2, 0.25) is 10.0 Å². The van der Waals surface area contributed by atoms with Crippen molar-refractivity contribution in [2.45, 2.75) is 23.3 Å². The smallest absolute Gasteiger partial charge is 0.238 e. The second kappa shape index (κ2) is 6.20. The van der Waals surface area contributed by atoms with Crippen LogP contribution < -0.4 is 5.14 Å². The van der Waals surface area contributed by atoms with Gasteiger partial charge >= 0.3 is 0 Å². The molecular formula is C9H13NO6S3. The van der Waals surface area contributed by atoms with E-state index in [9.17, 15) is 16.8 Å². The van der Waals surface area contributed by atoms with E-state index in [4.69, 9.17) is 14.2 Å². The third kappa shape index (κ3) is 4.75. The van der Waals surface area contributed by atoms with E-state index in [2.05, 4.69) is 0 Å². The Labute approximate surface area is 115 Å². The summed E-state index contributed by atoms with van der Waals surface area (Å²) in [5.74, 6) is -0.590. The molecule has 0 saturated heterocycles. The minimum Gasteiger partial charge on any atom is -0.306 e. The Morgan fingerprint density at radius 3 is 1.89 bits per heavy atom. The summed E-state index contributed by atoms with van der Waals surface area (Å²) in [6.45, 7) is 1.49. The van der Waals surface area contributed by atoms with Gasteiger partial charge in [0.25, 0.3) is 0 Å². The molecule has 0 heterocycles. The van der Waals surface area contributed by atoms with Gasteiger partial charge in [0.05, 0.1) is 16.4 Å². The summed E-state index contributed by atoms with van der Waals surface area (Å²) in [6.07, 6.45) is 0. The Hall–Kier alpha value is -0.650. The number of primary sulfonamides is 1. The van der Waals surface area contributed by atoms with Crippen molar-refractivity contribution < 1.29 is 25.9 Å². The van der Waals surface area contributed by atoms with Gasteiger partial charge in [0, 0.05) is 0 Å². The zero-order valence-electron chi connectivity index (χ0n) is 9.90. The van der Waals surface area contributed by atoms with Gasteiger partial charge in [-0.1, -0.05) is 6.07 Å². The predicted octanol–water partition coefficient (Wildman–Crippen LogP) is 0.0858. The van der Waals surface area contributed by atoms with Gasteiger partial charge in [-0.2, -0.15) is 0 Å². The number of aryl methyl sites for hydroxylation is 1. The second-order valence-corrected chi connectivity index (χ2v) is 7.26. The zero-order valence-corrected chi connectivity index (χ0v) is 12.3. The summed E-state index contributed by atoms with van der Waals surface area (Å²) in [5, 5.41) is 5.03. The van der Waals surface area contributed by atoms with Gasteiger partial charge in [-0.3, -0.25) is 0 Å². The first kappa shape index (κ1) is 16.4. The van der Waals surface area contributed by atoms with Crippen LogP contribution in [0.5, 0.6) is 0 Å². The van der Waals surface area contributed by atoms with Crippen LogP contribution in [0, 0.1) is 6.92 Å². The number of rotatable bonds is 5. The molecule has 108 valence electrons. The maximum Gasteiger partial charge on any atom is 0.238 e. The normalized spacial score (nSPS) is 15.2. The Kier molecular flexibility index (Phi) is 5.35. The standard InChI is InChI=1S/C9H13NO6S3/c1-6-2-7(4-17(11)12)8(5-18(13)14)3-9(6)19(10,15)16/h2-3H,4-5H2,1H3,(H,11,12)(H,13,14)(H2,10,15,16). The average Bonchev–Trinajstić information content (AvgIpc) is 2.18. The van der Waals surface area contributed by atoms with Gasteiger partial charge in [-0.25, -0.2) is 22.0 Å². The summed E-state index contributed by atoms with van der Waals surface area (Å²) < 4.78 is 62.1. The molecule has 0 aliphatic heterocycles. The van der Waals surface area contributed by atoms with Gasteiger partial charge < -0.3 is 9.11 Å². The predicted molar refractivity (Wildman–Crippen MR) is 71.5 cm³/mol. The molecule has 19 heavy (non-hydrogen) atoms. The van der Waals surface area contributed by atoms with E-state index < -0.39 is 32.2 Å². The summed E-state index contributed by atoms with van der Waals surface area (Å²) in [4.78, 5) is -0.166.